The van der Waals surface area contributed by atoms with Crippen molar-refractivity contribution in [2.75, 3.05) is 33.5 Å². The topological polar surface area (TPSA) is 54.9 Å². The number of nitrogens with one attached hydrogen (secondary N) is 2. The van der Waals surface area contributed by atoms with Crippen molar-refractivity contribution < 1.29 is 9.47 Å². The molecule has 0 saturated heterocycles. The van der Waals surface area contributed by atoms with Gasteiger partial charge in [0.15, 0.2) is 5.96 Å². The summed E-state index contributed by atoms with van der Waals surface area (Å²) in [4.78, 5) is 4.62. The zero-order chi connectivity index (χ0) is 14.8. The van der Waals surface area contributed by atoms with Gasteiger partial charge < -0.3 is 20.1 Å². The summed E-state index contributed by atoms with van der Waals surface area (Å²) < 4.78 is 10.4. The van der Waals surface area contributed by atoms with Gasteiger partial charge in [0, 0.05) is 19.7 Å². The van der Waals surface area contributed by atoms with Crippen molar-refractivity contribution in [1.82, 2.24) is 10.6 Å². The highest BCUT2D eigenvalue weighted by Gasteiger charge is 2.22. The van der Waals surface area contributed by atoms with Crippen LogP contribution in [-0.4, -0.2) is 45.5 Å². The van der Waals surface area contributed by atoms with Gasteiger partial charge in [-0.05, 0) is 18.4 Å². The van der Waals surface area contributed by atoms with Crippen LogP contribution in [0, 0.1) is 0 Å². The number of aliphatic imine (C=N–C) groups is 1. The van der Waals surface area contributed by atoms with Crippen LogP contribution in [0.5, 0.6) is 0 Å². The van der Waals surface area contributed by atoms with E-state index in [9.17, 15) is 0 Å². The molecule has 0 bridgehead atoms. The molecule has 22 heavy (non-hydrogen) atoms. The predicted molar refractivity (Wildman–Crippen MR) is 99.9 cm³/mol. The average molecular weight is 419 g/mol. The minimum atomic E-state index is 0. The largest absolute Gasteiger partial charge is 0.382 e. The number of halogens is 1. The van der Waals surface area contributed by atoms with E-state index in [-0.39, 0.29) is 24.0 Å². The van der Waals surface area contributed by atoms with Gasteiger partial charge in [0.2, 0.25) is 0 Å². The standard InChI is InChI=1S/C16H25N3O2.HI/c1-20-11-12-21-10-9-17-16(19-15-7-8-15)18-13-14-5-3-2-4-6-14;/h2-6,15H,7-13H2,1H3,(H2,17,18,19);1H. The second-order valence-electron chi connectivity index (χ2n) is 5.10. The number of ether oxygens (including phenoxy) is 2. The summed E-state index contributed by atoms with van der Waals surface area (Å²) in [5, 5.41) is 6.73. The Kier molecular flexibility index (Phi) is 10.2. The Hall–Kier alpha value is -0.860. The molecule has 5 nitrogen and oxygen atoms in total. The first-order valence-electron chi connectivity index (χ1n) is 7.54. The molecular weight excluding hydrogens is 393 g/mol. The fourth-order valence-corrected chi connectivity index (χ4v) is 1.81. The molecule has 0 radical (unpaired) electrons. The van der Waals surface area contributed by atoms with Gasteiger partial charge in [-0.1, -0.05) is 30.3 Å². The second-order valence-corrected chi connectivity index (χ2v) is 5.10. The predicted octanol–water partition coefficient (Wildman–Crippen LogP) is 2.17. The van der Waals surface area contributed by atoms with Crippen LogP contribution in [0.4, 0.5) is 0 Å². The molecule has 2 N–H and O–H groups in total. The number of rotatable bonds is 9. The SMILES string of the molecule is COCCOCCNC(=NCc1ccccc1)NC1CC1.I. The van der Waals surface area contributed by atoms with Crippen molar-refractivity contribution in [2.45, 2.75) is 25.4 Å². The Balaban J connectivity index is 0.00000242. The zero-order valence-corrected chi connectivity index (χ0v) is 15.4. The van der Waals surface area contributed by atoms with Gasteiger partial charge in [0.05, 0.1) is 26.4 Å². The lowest BCUT2D eigenvalue weighted by Gasteiger charge is -2.12. The van der Waals surface area contributed by atoms with Gasteiger partial charge in [0.25, 0.3) is 0 Å². The maximum atomic E-state index is 5.44. The lowest BCUT2D eigenvalue weighted by atomic mass is 10.2. The third-order valence-corrected chi connectivity index (χ3v) is 3.15. The lowest BCUT2D eigenvalue weighted by molar-refractivity contribution is 0.0733. The van der Waals surface area contributed by atoms with E-state index in [0.717, 1.165) is 12.5 Å². The van der Waals surface area contributed by atoms with Crippen LogP contribution in [0.1, 0.15) is 18.4 Å². The zero-order valence-electron chi connectivity index (χ0n) is 13.1. The summed E-state index contributed by atoms with van der Waals surface area (Å²) >= 11 is 0. The summed E-state index contributed by atoms with van der Waals surface area (Å²) in [5.74, 6) is 0.872. The molecule has 1 saturated carbocycles. The van der Waals surface area contributed by atoms with Crippen LogP contribution in [0.15, 0.2) is 35.3 Å². The van der Waals surface area contributed by atoms with Crippen molar-refractivity contribution in [3.63, 3.8) is 0 Å². The Morgan fingerprint density at radius 1 is 1.18 bits per heavy atom. The average Bonchev–Trinajstić information content (AvgIpc) is 3.33. The molecule has 0 spiro atoms. The summed E-state index contributed by atoms with van der Waals surface area (Å²) in [6.07, 6.45) is 2.47. The number of hydrogen-bond donors (Lipinski definition) is 2. The van der Waals surface area contributed by atoms with Crippen LogP contribution in [0.2, 0.25) is 0 Å². The van der Waals surface area contributed by atoms with E-state index in [2.05, 4.69) is 27.8 Å². The molecule has 0 atom stereocenters. The minimum Gasteiger partial charge on any atom is -0.382 e. The number of methoxy groups -OCH3 is 1. The fraction of sp³-hybridized carbons (Fsp3) is 0.562. The van der Waals surface area contributed by atoms with Crippen molar-refractivity contribution in [3.8, 4) is 0 Å². The monoisotopic (exact) mass is 419 g/mol. The van der Waals surface area contributed by atoms with Gasteiger partial charge >= 0.3 is 0 Å². The number of guanidine groups is 1. The molecule has 1 fully saturated rings. The van der Waals surface area contributed by atoms with Crippen molar-refractivity contribution >= 4 is 29.9 Å². The van der Waals surface area contributed by atoms with Gasteiger partial charge in [0.1, 0.15) is 0 Å². The summed E-state index contributed by atoms with van der Waals surface area (Å²) in [7, 11) is 1.68. The molecule has 0 unspecified atom stereocenters. The van der Waals surface area contributed by atoms with Crippen LogP contribution in [0.3, 0.4) is 0 Å². The van der Waals surface area contributed by atoms with Crippen LogP contribution >= 0.6 is 24.0 Å². The number of benzene rings is 1. The Bertz CT molecular complexity index is 425. The second kappa shape index (κ2) is 11.7. The van der Waals surface area contributed by atoms with E-state index in [1.54, 1.807) is 7.11 Å². The quantitative estimate of drug-likeness (QED) is 0.279. The first kappa shape index (κ1) is 19.2. The Morgan fingerprint density at radius 2 is 1.95 bits per heavy atom. The van der Waals surface area contributed by atoms with Gasteiger partial charge in [-0.3, -0.25) is 0 Å². The molecule has 1 aliphatic carbocycles. The van der Waals surface area contributed by atoms with Gasteiger partial charge in [-0.15, -0.1) is 24.0 Å². The van der Waals surface area contributed by atoms with E-state index in [4.69, 9.17) is 9.47 Å². The third kappa shape index (κ3) is 8.55. The van der Waals surface area contributed by atoms with E-state index >= 15 is 0 Å². The first-order valence-corrected chi connectivity index (χ1v) is 7.54. The third-order valence-electron chi connectivity index (χ3n) is 3.15. The molecule has 1 aromatic rings. The van der Waals surface area contributed by atoms with Crippen LogP contribution < -0.4 is 10.6 Å². The summed E-state index contributed by atoms with van der Waals surface area (Å²) in [6.45, 7) is 3.35. The van der Waals surface area contributed by atoms with E-state index < -0.39 is 0 Å². The van der Waals surface area contributed by atoms with Crippen LogP contribution in [-0.2, 0) is 16.0 Å². The number of hydrogen-bond acceptors (Lipinski definition) is 3. The molecular formula is C16H26IN3O2. The molecule has 0 amide bonds. The van der Waals surface area contributed by atoms with Crippen molar-refractivity contribution in [3.05, 3.63) is 35.9 Å². The smallest absolute Gasteiger partial charge is 0.191 e. The first-order chi connectivity index (χ1) is 10.4. The van der Waals surface area contributed by atoms with Crippen molar-refractivity contribution in [2.24, 2.45) is 4.99 Å². The molecule has 2 rings (SSSR count). The molecule has 0 aliphatic heterocycles. The summed E-state index contributed by atoms with van der Waals surface area (Å²) in [6, 6.07) is 10.9. The molecule has 1 aliphatic rings. The van der Waals surface area contributed by atoms with Gasteiger partial charge in [-0.2, -0.15) is 0 Å². The molecule has 124 valence electrons. The minimum absolute atomic E-state index is 0. The number of nitrogens with zero attached hydrogens (tertiary/aromatic N) is 1. The summed E-state index contributed by atoms with van der Waals surface area (Å²) in [5.41, 5.74) is 1.21. The fourth-order valence-electron chi connectivity index (χ4n) is 1.81. The van der Waals surface area contributed by atoms with E-state index in [1.807, 2.05) is 18.2 Å². The highest BCUT2D eigenvalue weighted by atomic mass is 127. The molecule has 1 aromatic carbocycles. The highest BCUT2D eigenvalue weighted by Crippen LogP contribution is 2.18. The normalized spacial score (nSPS) is 14.3. The highest BCUT2D eigenvalue weighted by molar-refractivity contribution is 14.0. The van der Waals surface area contributed by atoms with E-state index in [0.29, 0.717) is 32.4 Å². The van der Waals surface area contributed by atoms with E-state index in [1.165, 1.54) is 18.4 Å². The maximum Gasteiger partial charge on any atom is 0.191 e. The van der Waals surface area contributed by atoms with Crippen molar-refractivity contribution in [1.29, 1.82) is 0 Å². The molecule has 6 heteroatoms. The Morgan fingerprint density at radius 3 is 2.64 bits per heavy atom. The van der Waals surface area contributed by atoms with Crippen LogP contribution in [0.25, 0.3) is 0 Å². The van der Waals surface area contributed by atoms with Gasteiger partial charge in [-0.25, -0.2) is 4.99 Å². The maximum absolute atomic E-state index is 5.44. The molecule has 0 heterocycles. The molecule has 0 aromatic heterocycles. The Labute approximate surface area is 149 Å². The lowest BCUT2D eigenvalue weighted by Crippen LogP contribution is -2.40.